The number of thiophene rings is 1. The van der Waals surface area contributed by atoms with Crippen molar-refractivity contribution in [1.82, 2.24) is 9.62 Å². The van der Waals surface area contributed by atoms with E-state index in [4.69, 9.17) is 14.6 Å². The van der Waals surface area contributed by atoms with Gasteiger partial charge in [0.1, 0.15) is 0 Å². The zero-order chi connectivity index (χ0) is 20.2. The van der Waals surface area contributed by atoms with Gasteiger partial charge in [-0.15, -0.1) is 0 Å². The summed E-state index contributed by atoms with van der Waals surface area (Å²) in [6, 6.07) is 2.06. The molecule has 1 aromatic heterocycles. The molecule has 12 heteroatoms. The van der Waals surface area contributed by atoms with Crippen LogP contribution in [0.5, 0.6) is 0 Å². The van der Waals surface area contributed by atoms with Gasteiger partial charge in [0.15, 0.2) is 0 Å². The second kappa shape index (κ2) is 8.86. The number of likely N-dealkylation sites (tertiary alicyclic amines) is 1. The van der Waals surface area contributed by atoms with Gasteiger partial charge in [-0.25, -0.2) is 17.9 Å². The first-order valence-corrected chi connectivity index (χ1v) is 10.9. The lowest BCUT2D eigenvalue weighted by molar-refractivity contribution is -0.192. The van der Waals surface area contributed by atoms with Crippen molar-refractivity contribution in [3.8, 4) is 0 Å². The lowest BCUT2D eigenvalue weighted by Crippen LogP contribution is -2.49. The monoisotopic (exact) mass is 430 g/mol. The zero-order valence-corrected chi connectivity index (χ0v) is 16.1. The molecule has 0 amide bonds. The molecule has 0 spiro atoms. The highest BCUT2D eigenvalue weighted by Crippen LogP contribution is 2.31. The van der Waals surface area contributed by atoms with Crippen molar-refractivity contribution in [2.45, 2.75) is 18.8 Å². The highest BCUT2D eigenvalue weighted by atomic mass is 32.2. The van der Waals surface area contributed by atoms with Gasteiger partial charge < -0.3 is 9.84 Å². The van der Waals surface area contributed by atoms with E-state index in [0.717, 1.165) is 26.2 Å². The van der Waals surface area contributed by atoms with Crippen LogP contribution in [-0.2, 0) is 26.1 Å². The van der Waals surface area contributed by atoms with Gasteiger partial charge in [0.2, 0.25) is 10.0 Å². The number of ether oxygens (including phenoxy) is 1. The predicted molar refractivity (Wildman–Crippen MR) is 92.9 cm³/mol. The first-order chi connectivity index (χ1) is 12.5. The Hall–Kier alpha value is -1.21. The lowest BCUT2D eigenvalue weighted by atomic mass is 9.88. The summed E-state index contributed by atoms with van der Waals surface area (Å²) in [5.41, 5.74) is 1.34. The Morgan fingerprint density at radius 3 is 2.59 bits per heavy atom. The normalized spacial score (nSPS) is 26.1. The maximum atomic E-state index is 11.4. The van der Waals surface area contributed by atoms with Gasteiger partial charge in [-0.2, -0.15) is 24.5 Å². The number of halogens is 3. The van der Waals surface area contributed by atoms with E-state index in [9.17, 15) is 21.6 Å². The largest absolute Gasteiger partial charge is 0.490 e. The van der Waals surface area contributed by atoms with Crippen molar-refractivity contribution in [2.75, 3.05) is 32.6 Å². The average molecular weight is 430 g/mol. The molecule has 7 nitrogen and oxygen atoms in total. The van der Waals surface area contributed by atoms with Crippen molar-refractivity contribution in [1.29, 1.82) is 0 Å². The minimum Gasteiger partial charge on any atom is -0.475 e. The number of carboxylic acid groups (broad SMARTS) is 1. The number of sulfonamides is 1. The van der Waals surface area contributed by atoms with Crippen molar-refractivity contribution >= 4 is 27.3 Å². The van der Waals surface area contributed by atoms with Gasteiger partial charge in [-0.3, -0.25) is 4.90 Å². The second-order valence-electron chi connectivity index (χ2n) is 6.59. The maximum Gasteiger partial charge on any atom is 0.490 e. The molecule has 2 fully saturated rings. The SMILES string of the molecule is CS(=O)(=O)N[C@@H]1COC[C@@H]2CN(Cc3ccsc3)C[C@@H]21.O=C(O)C(F)(F)F. The molecule has 27 heavy (non-hydrogen) atoms. The molecule has 3 heterocycles. The van der Waals surface area contributed by atoms with Crippen molar-refractivity contribution < 1.29 is 36.2 Å². The smallest absolute Gasteiger partial charge is 0.475 e. The summed E-state index contributed by atoms with van der Waals surface area (Å²) in [7, 11) is -3.18. The number of carbonyl (C=O) groups is 1. The number of aliphatic carboxylic acids is 1. The highest BCUT2D eigenvalue weighted by Gasteiger charge is 2.41. The molecule has 0 radical (unpaired) electrons. The number of nitrogens with one attached hydrogen (secondary N) is 1. The minimum absolute atomic E-state index is 0.0868. The molecule has 2 aliphatic rings. The van der Waals surface area contributed by atoms with Gasteiger partial charge >= 0.3 is 12.1 Å². The molecule has 2 aliphatic heterocycles. The standard InChI is InChI=1S/C13H20N2O3S2.C2HF3O2/c1-20(16,17)14-13-8-18-7-11-5-15(6-12(11)13)4-10-2-3-19-9-10;3-2(4,5)1(6)7/h2-3,9,11-14H,4-8H2,1H3;(H,6,7)/t11-,12-,13+;/m0./s1. The van der Waals surface area contributed by atoms with Crippen LogP contribution >= 0.6 is 11.3 Å². The molecule has 3 atom stereocenters. The molecule has 0 aromatic carbocycles. The fourth-order valence-corrected chi connectivity index (χ4v) is 4.71. The van der Waals surface area contributed by atoms with Crippen LogP contribution in [-0.4, -0.2) is 69.2 Å². The summed E-state index contributed by atoms with van der Waals surface area (Å²) >= 11 is 1.71. The van der Waals surface area contributed by atoms with Crippen LogP contribution in [0, 0.1) is 11.8 Å². The molecule has 1 aromatic rings. The maximum absolute atomic E-state index is 11.4. The summed E-state index contributed by atoms with van der Waals surface area (Å²) in [4.78, 5) is 11.3. The van der Waals surface area contributed by atoms with Gasteiger partial charge in [0.25, 0.3) is 0 Å². The van der Waals surface area contributed by atoms with Crippen LogP contribution in [0.15, 0.2) is 16.8 Å². The van der Waals surface area contributed by atoms with Crippen LogP contribution < -0.4 is 4.72 Å². The van der Waals surface area contributed by atoms with E-state index in [0.29, 0.717) is 18.4 Å². The summed E-state index contributed by atoms with van der Waals surface area (Å²) in [5, 5.41) is 11.4. The first-order valence-electron chi connectivity index (χ1n) is 8.04. The van der Waals surface area contributed by atoms with Crippen LogP contribution in [0.1, 0.15) is 5.56 Å². The Morgan fingerprint density at radius 2 is 2.07 bits per heavy atom. The quantitative estimate of drug-likeness (QED) is 0.749. The summed E-state index contributed by atoms with van der Waals surface area (Å²) < 4.78 is 62.9. The molecule has 0 aliphatic carbocycles. The van der Waals surface area contributed by atoms with Gasteiger partial charge in [0, 0.05) is 31.6 Å². The molecule has 2 N–H and O–H groups in total. The van der Waals surface area contributed by atoms with Crippen LogP contribution in [0.3, 0.4) is 0 Å². The van der Waals surface area contributed by atoms with Crippen LogP contribution in [0.4, 0.5) is 13.2 Å². The van der Waals surface area contributed by atoms with E-state index in [2.05, 4.69) is 26.4 Å². The number of fused-ring (bicyclic) bond motifs is 1. The first kappa shape index (κ1) is 22.1. The number of alkyl halides is 3. The second-order valence-corrected chi connectivity index (χ2v) is 9.15. The lowest BCUT2D eigenvalue weighted by Gasteiger charge is -2.32. The summed E-state index contributed by atoms with van der Waals surface area (Å²) in [6.45, 7) is 4.11. The molecule has 0 saturated carbocycles. The number of carboxylic acids is 1. The van der Waals surface area contributed by atoms with Crippen LogP contribution in [0.2, 0.25) is 0 Å². The third-order valence-corrected chi connectivity index (χ3v) is 5.77. The fourth-order valence-electron chi connectivity index (χ4n) is 3.26. The van der Waals surface area contributed by atoms with E-state index >= 15 is 0 Å². The van der Waals surface area contributed by atoms with Gasteiger partial charge in [-0.1, -0.05) is 0 Å². The highest BCUT2D eigenvalue weighted by molar-refractivity contribution is 7.88. The van der Waals surface area contributed by atoms with Crippen LogP contribution in [0.25, 0.3) is 0 Å². The Balaban J connectivity index is 0.000000321. The van der Waals surface area contributed by atoms with Crippen molar-refractivity contribution in [2.24, 2.45) is 11.8 Å². The third-order valence-electron chi connectivity index (χ3n) is 4.31. The molecule has 3 rings (SSSR count). The van der Waals surface area contributed by atoms with E-state index in [1.54, 1.807) is 11.3 Å². The van der Waals surface area contributed by atoms with E-state index < -0.39 is 22.2 Å². The molecule has 2 saturated heterocycles. The number of nitrogens with zero attached hydrogens (tertiary/aromatic N) is 1. The third kappa shape index (κ3) is 7.03. The molecular formula is C15H21F3N2O5S2. The summed E-state index contributed by atoms with van der Waals surface area (Å²) in [6.07, 6.45) is -3.87. The Kier molecular flexibility index (Phi) is 7.25. The molecule has 0 bridgehead atoms. The Labute approximate surface area is 159 Å². The Morgan fingerprint density at radius 1 is 1.41 bits per heavy atom. The average Bonchev–Trinajstić information content (AvgIpc) is 3.15. The van der Waals surface area contributed by atoms with E-state index in [-0.39, 0.29) is 6.04 Å². The van der Waals surface area contributed by atoms with E-state index in [1.165, 1.54) is 11.8 Å². The number of hydrogen-bond donors (Lipinski definition) is 2. The number of rotatable bonds is 4. The number of hydrogen-bond acceptors (Lipinski definition) is 6. The molecular weight excluding hydrogens is 409 g/mol. The van der Waals surface area contributed by atoms with Crippen molar-refractivity contribution in [3.05, 3.63) is 22.4 Å². The van der Waals surface area contributed by atoms with Gasteiger partial charge in [0.05, 0.1) is 19.5 Å². The topological polar surface area (TPSA) is 95.9 Å². The Bertz CT molecular complexity index is 724. The minimum atomic E-state index is -5.08. The molecule has 154 valence electrons. The zero-order valence-electron chi connectivity index (χ0n) is 14.5. The fraction of sp³-hybridized carbons (Fsp3) is 0.667. The molecule has 0 unspecified atom stereocenters. The van der Waals surface area contributed by atoms with Gasteiger partial charge in [-0.05, 0) is 28.3 Å². The van der Waals surface area contributed by atoms with Crippen molar-refractivity contribution in [3.63, 3.8) is 0 Å². The summed E-state index contributed by atoms with van der Waals surface area (Å²) in [5.74, 6) is -1.97. The van der Waals surface area contributed by atoms with E-state index in [1.807, 2.05) is 0 Å². The predicted octanol–water partition coefficient (Wildman–Crippen LogP) is 1.38.